The van der Waals surface area contributed by atoms with E-state index in [0.29, 0.717) is 0 Å². The fourth-order valence-electron chi connectivity index (χ4n) is 1.48. The molecule has 0 bridgehead atoms. The smallest absolute Gasteiger partial charge is 0.237 e. The molecule has 0 saturated carbocycles. The summed E-state index contributed by atoms with van der Waals surface area (Å²) in [6.07, 6.45) is 0. The summed E-state index contributed by atoms with van der Waals surface area (Å²) in [6, 6.07) is 0. The molecule has 2 saturated heterocycles. The van der Waals surface area contributed by atoms with Crippen molar-refractivity contribution in [3.8, 4) is 0 Å². The van der Waals surface area contributed by atoms with Gasteiger partial charge in [0.15, 0.2) is 0 Å². The molecule has 0 aromatic carbocycles. The van der Waals surface area contributed by atoms with Gasteiger partial charge in [0.1, 0.15) is 0 Å². The van der Waals surface area contributed by atoms with E-state index in [-0.39, 0.29) is 37.3 Å². The van der Waals surface area contributed by atoms with Crippen LogP contribution in [0.25, 0.3) is 0 Å². The number of halogens is 1. The minimum Gasteiger partial charge on any atom is -0.332 e. The van der Waals surface area contributed by atoms with E-state index in [1.54, 1.807) is 33.3 Å². The average molecular weight is 329 g/mol. The van der Waals surface area contributed by atoms with Crippen LogP contribution in [0.15, 0.2) is 0 Å². The van der Waals surface area contributed by atoms with Crippen molar-refractivity contribution in [2.75, 3.05) is 49.4 Å². The summed E-state index contributed by atoms with van der Waals surface area (Å²) in [5.74, 6) is 3.92. The second-order valence-corrected chi connectivity index (χ2v) is 5.95. The van der Waals surface area contributed by atoms with Crippen LogP contribution >= 0.6 is 35.9 Å². The van der Waals surface area contributed by atoms with Gasteiger partial charge in [-0.05, 0) is 0 Å². The topological polar surface area (TPSA) is 92.7 Å². The maximum atomic E-state index is 10.8. The van der Waals surface area contributed by atoms with E-state index in [1.807, 2.05) is 0 Å². The Morgan fingerprint density at radius 2 is 1.26 bits per heavy atom. The second-order valence-electron chi connectivity index (χ2n) is 3.80. The van der Waals surface area contributed by atoms with Crippen LogP contribution in [0.3, 0.4) is 0 Å². The highest BCUT2D eigenvalue weighted by Crippen LogP contribution is 2.12. The lowest BCUT2D eigenvalue weighted by Gasteiger charge is -2.11. The molecule has 0 atom stereocenters. The van der Waals surface area contributed by atoms with Gasteiger partial charge in [-0.2, -0.15) is 0 Å². The van der Waals surface area contributed by atoms with Crippen molar-refractivity contribution in [3.63, 3.8) is 0 Å². The summed E-state index contributed by atoms with van der Waals surface area (Å²) in [6.45, 7) is 2.06. The number of nitrogens with two attached hydrogens (primary N) is 2. The minimum atomic E-state index is 0. The first-order valence-electron chi connectivity index (χ1n) is 5.80. The number of hydrogen-bond acceptors (Lipinski definition) is 6. The zero-order valence-corrected chi connectivity index (χ0v) is 13.2. The summed E-state index contributed by atoms with van der Waals surface area (Å²) in [5, 5.41) is 0. The zero-order valence-electron chi connectivity index (χ0n) is 10.7. The molecule has 2 amide bonds. The summed E-state index contributed by atoms with van der Waals surface area (Å²) < 4.78 is 0. The third kappa shape index (κ3) is 6.71. The third-order valence-corrected chi connectivity index (χ3v) is 4.49. The van der Waals surface area contributed by atoms with Crippen molar-refractivity contribution >= 4 is 47.7 Å². The van der Waals surface area contributed by atoms with Gasteiger partial charge in [-0.25, -0.2) is 0 Å². The molecule has 0 aliphatic carbocycles. The molecule has 9 heteroatoms. The highest BCUT2D eigenvalue weighted by Gasteiger charge is 2.16. The molecular weight excluding hydrogens is 308 g/mol. The fourth-order valence-corrected chi connectivity index (χ4v) is 3.42. The maximum Gasteiger partial charge on any atom is 0.237 e. The SMILES string of the molecule is Cl.NCC(=O)N1CCSC1.NCC(=O)N1CCSC1. The molecule has 19 heavy (non-hydrogen) atoms. The molecule has 6 nitrogen and oxygen atoms in total. The van der Waals surface area contributed by atoms with Crippen molar-refractivity contribution in [2.24, 2.45) is 11.5 Å². The number of rotatable bonds is 2. The first-order chi connectivity index (χ1) is 8.69. The molecule has 0 spiro atoms. The van der Waals surface area contributed by atoms with Crippen molar-refractivity contribution in [1.29, 1.82) is 0 Å². The van der Waals surface area contributed by atoms with Gasteiger partial charge in [-0.1, -0.05) is 0 Å². The van der Waals surface area contributed by atoms with Crippen LogP contribution in [0.2, 0.25) is 0 Å². The minimum absolute atomic E-state index is 0. The Balaban J connectivity index is 0.000000324. The highest BCUT2D eigenvalue weighted by molar-refractivity contribution is 7.99. The number of carbonyl (C=O) groups is 2. The molecule has 0 unspecified atom stereocenters. The molecule has 0 radical (unpaired) electrons. The maximum absolute atomic E-state index is 10.8. The molecule has 2 rings (SSSR count). The van der Waals surface area contributed by atoms with Crippen LogP contribution in [0.5, 0.6) is 0 Å². The molecular formula is C10H21ClN4O2S2. The van der Waals surface area contributed by atoms with E-state index >= 15 is 0 Å². The van der Waals surface area contributed by atoms with Gasteiger partial charge < -0.3 is 21.3 Å². The summed E-state index contributed by atoms with van der Waals surface area (Å²) in [7, 11) is 0. The van der Waals surface area contributed by atoms with Crippen molar-refractivity contribution in [1.82, 2.24) is 9.80 Å². The van der Waals surface area contributed by atoms with Crippen molar-refractivity contribution in [2.45, 2.75) is 0 Å². The highest BCUT2D eigenvalue weighted by atomic mass is 35.5. The predicted octanol–water partition coefficient (Wildman–Crippen LogP) is -0.622. The van der Waals surface area contributed by atoms with E-state index in [9.17, 15) is 9.59 Å². The summed E-state index contributed by atoms with van der Waals surface area (Å²) in [4.78, 5) is 25.2. The Hall–Kier alpha value is -0.150. The van der Waals surface area contributed by atoms with Crippen LogP contribution in [0, 0.1) is 0 Å². The van der Waals surface area contributed by atoms with Gasteiger partial charge in [0.25, 0.3) is 0 Å². The first kappa shape index (κ1) is 18.9. The van der Waals surface area contributed by atoms with E-state index in [1.165, 1.54) is 0 Å². The van der Waals surface area contributed by atoms with E-state index in [0.717, 1.165) is 36.3 Å². The van der Waals surface area contributed by atoms with E-state index in [2.05, 4.69) is 0 Å². The number of hydrogen-bond donors (Lipinski definition) is 2. The molecule has 2 heterocycles. The Labute approximate surface area is 128 Å². The Kier molecular flexibility index (Phi) is 10.5. The van der Waals surface area contributed by atoms with Crippen LogP contribution in [-0.2, 0) is 9.59 Å². The lowest BCUT2D eigenvalue weighted by Crippen LogP contribution is -2.33. The largest absolute Gasteiger partial charge is 0.332 e. The monoisotopic (exact) mass is 328 g/mol. The average Bonchev–Trinajstić information content (AvgIpc) is 3.09. The molecule has 112 valence electrons. The van der Waals surface area contributed by atoms with E-state index in [4.69, 9.17) is 11.5 Å². The number of carbonyl (C=O) groups excluding carboxylic acids is 2. The fraction of sp³-hybridized carbons (Fsp3) is 0.800. The van der Waals surface area contributed by atoms with Gasteiger partial charge in [0.05, 0.1) is 24.8 Å². The summed E-state index contributed by atoms with van der Waals surface area (Å²) in [5.41, 5.74) is 10.3. The van der Waals surface area contributed by atoms with Crippen LogP contribution in [0.1, 0.15) is 0 Å². The normalized spacial score (nSPS) is 17.6. The van der Waals surface area contributed by atoms with Crippen molar-refractivity contribution < 1.29 is 9.59 Å². The molecule has 0 aromatic rings. The van der Waals surface area contributed by atoms with Crippen LogP contribution in [0.4, 0.5) is 0 Å². The third-order valence-electron chi connectivity index (χ3n) is 2.56. The number of amides is 2. The van der Waals surface area contributed by atoms with Gasteiger partial charge >= 0.3 is 0 Å². The van der Waals surface area contributed by atoms with Gasteiger partial charge in [0, 0.05) is 24.6 Å². The lowest BCUT2D eigenvalue weighted by atomic mass is 10.5. The molecule has 2 aliphatic heterocycles. The van der Waals surface area contributed by atoms with Gasteiger partial charge in [-0.3, -0.25) is 9.59 Å². The number of thioether (sulfide) groups is 2. The molecule has 4 N–H and O–H groups in total. The Bertz CT molecular complexity index is 257. The Morgan fingerprint density at radius 1 is 0.895 bits per heavy atom. The van der Waals surface area contributed by atoms with Crippen LogP contribution in [-0.4, -0.2) is 71.1 Å². The standard InChI is InChI=1S/2C5H10N2OS.ClH/c2*6-3-5(8)7-1-2-9-4-7;/h2*1-4,6H2;1H. The van der Waals surface area contributed by atoms with Gasteiger partial charge in [0.2, 0.25) is 11.8 Å². The molecule has 0 aromatic heterocycles. The predicted molar refractivity (Wildman–Crippen MR) is 83.4 cm³/mol. The first-order valence-corrected chi connectivity index (χ1v) is 8.11. The summed E-state index contributed by atoms with van der Waals surface area (Å²) >= 11 is 3.55. The lowest BCUT2D eigenvalue weighted by molar-refractivity contribution is -0.128. The van der Waals surface area contributed by atoms with Crippen molar-refractivity contribution in [3.05, 3.63) is 0 Å². The zero-order chi connectivity index (χ0) is 13.4. The Morgan fingerprint density at radius 3 is 1.47 bits per heavy atom. The second kappa shape index (κ2) is 10.6. The van der Waals surface area contributed by atoms with Crippen LogP contribution < -0.4 is 11.5 Å². The van der Waals surface area contributed by atoms with Gasteiger partial charge in [-0.15, -0.1) is 35.9 Å². The molecule has 2 fully saturated rings. The number of nitrogens with zero attached hydrogens (tertiary/aromatic N) is 2. The quantitative estimate of drug-likeness (QED) is 0.701. The van der Waals surface area contributed by atoms with E-state index < -0.39 is 0 Å². The molecule has 2 aliphatic rings.